The summed E-state index contributed by atoms with van der Waals surface area (Å²) in [6.45, 7) is 0. The highest BCUT2D eigenvalue weighted by Crippen LogP contribution is 2.37. The van der Waals surface area contributed by atoms with E-state index in [1.54, 1.807) is 6.07 Å². The van der Waals surface area contributed by atoms with Gasteiger partial charge in [-0.05, 0) is 60.6 Å². The number of alkyl halides is 1. The molecule has 0 spiro atoms. The van der Waals surface area contributed by atoms with Crippen molar-refractivity contribution in [3.63, 3.8) is 0 Å². The van der Waals surface area contributed by atoms with Crippen LogP contribution in [0.1, 0.15) is 37.5 Å². The SMILES string of the molecule is CSC1CCC(n2c(CCl)nc3cc(I)c(F)cc32)CC1. The molecule has 2 nitrogen and oxygen atoms in total. The highest BCUT2D eigenvalue weighted by molar-refractivity contribution is 14.1. The molecule has 2 aromatic rings. The van der Waals surface area contributed by atoms with Gasteiger partial charge in [-0.2, -0.15) is 11.8 Å². The van der Waals surface area contributed by atoms with Crippen molar-refractivity contribution in [1.82, 2.24) is 9.55 Å². The summed E-state index contributed by atoms with van der Waals surface area (Å²) in [7, 11) is 0. The zero-order valence-electron chi connectivity index (χ0n) is 11.8. The highest BCUT2D eigenvalue weighted by Gasteiger charge is 2.25. The molecule has 0 saturated heterocycles. The molecule has 1 aromatic carbocycles. The van der Waals surface area contributed by atoms with Crippen molar-refractivity contribution in [2.24, 2.45) is 0 Å². The van der Waals surface area contributed by atoms with Crippen LogP contribution in [0.3, 0.4) is 0 Å². The molecular weight excluding hydrogens is 422 g/mol. The van der Waals surface area contributed by atoms with Crippen LogP contribution in [0, 0.1) is 9.39 Å². The van der Waals surface area contributed by atoms with E-state index in [0.29, 0.717) is 15.5 Å². The third-order valence-corrected chi connectivity index (χ3v) is 6.47. The number of hydrogen-bond acceptors (Lipinski definition) is 2. The van der Waals surface area contributed by atoms with Gasteiger partial charge in [0.25, 0.3) is 0 Å². The Bertz CT molecular complexity index is 653. The van der Waals surface area contributed by atoms with Crippen LogP contribution in [0.2, 0.25) is 0 Å². The van der Waals surface area contributed by atoms with Crippen molar-refractivity contribution >= 4 is 57.0 Å². The Labute approximate surface area is 147 Å². The third-order valence-electron chi connectivity index (χ3n) is 4.27. The average molecular weight is 439 g/mol. The Morgan fingerprint density at radius 2 is 2.10 bits per heavy atom. The van der Waals surface area contributed by atoms with Crippen LogP contribution in [0.15, 0.2) is 12.1 Å². The van der Waals surface area contributed by atoms with Gasteiger partial charge in [0.05, 0.1) is 20.5 Å². The molecule has 3 rings (SSSR count). The minimum Gasteiger partial charge on any atom is -0.324 e. The molecule has 1 heterocycles. The molecule has 0 unspecified atom stereocenters. The number of aromatic nitrogens is 2. The fourth-order valence-electron chi connectivity index (χ4n) is 3.18. The number of hydrogen-bond donors (Lipinski definition) is 0. The maximum Gasteiger partial charge on any atom is 0.138 e. The van der Waals surface area contributed by atoms with E-state index >= 15 is 0 Å². The van der Waals surface area contributed by atoms with E-state index in [1.165, 1.54) is 12.8 Å². The fraction of sp³-hybridized carbons (Fsp3) is 0.533. The van der Waals surface area contributed by atoms with Crippen molar-refractivity contribution in [2.45, 2.75) is 42.9 Å². The number of nitrogens with zero attached hydrogens (tertiary/aromatic N) is 2. The van der Waals surface area contributed by atoms with Gasteiger partial charge in [-0.25, -0.2) is 9.37 Å². The van der Waals surface area contributed by atoms with Crippen LogP contribution in [-0.2, 0) is 5.88 Å². The van der Waals surface area contributed by atoms with Crippen LogP contribution >= 0.6 is 46.0 Å². The molecule has 1 aliphatic rings. The molecule has 6 heteroatoms. The molecule has 1 aliphatic carbocycles. The first kappa shape index (κ1) is 15.9. The number of rotatable bonds is 3. The number of thioether (sulfide) groups is 1. The first-order valence-corrected chi connectivity index (χ1v) is 9.98. The summed E-state index contributed by atoms with van der Waals surface area (Å²) in [5.74, 6) is 1.05. The van der Waals surface area contributed by atoms with E-state index in [2.05, 4.69) is 15.8 Å². The van der Waals surface area contributed by atoms with E-state index in [1.807, 2.05) is 40.4 Å². The van der Waals surface area contributed by atoms with Gasteiger partial charge in [-0.15, -0.1) is 11.6 Å². The normalized spacial score (nSPS) is 22.9. The summed E-state index contributed by atoms with van der Waals surface area (Å²) >= 11 is 10.0. The first-order valence-electron chi connectivity index (χ1n) is 7.08. The molecular formula is C15H17ClFIN2S. The second-order valence-corrected chi connectivity index (χ2v) is 8.02. The zero-order chi connectivity index (χ0) is 15.0. The molecule has 0 bridgehead atoms. The monoisotopic (exact) mass is 438 g/mol. The summed E-state index contributed by atoms with van der Waals surface area (Å²) in [6, 6.07) is 3.82. The topological polar surface area (TPSA) is 17.8 Å². The summed E-state index contributed by atoms with van der Waals surface area (Å²) in [5, 5.41) is 0.758. The Balaban J connectivity index is 2.02. The molecule has 0 N–H and O–H groups in total. The summed E-state index contributed by atoms with van der Waals surface area (Å²) in [5.41, 5.74) is 1.74. The predicted molar refractivity (Wildman–Crippen MR) is 96.8 cm³/mol. The minimum atomic E-state index is -0.178. The molecule has 1 fully saturated rings. The molecule has 1 saturated carbocycles. The van der Waals surface area contributed by atoms with Gasteiger partial charge >= 0.3 is 0 Å². The number of halogens is 3. The third kappa shape index (κ3) is 3.06. The lowest BCUT2D eigenvalue weighted by Gasteiger charge is -2.29. The van der Waals surface area contributed by atoms with Crippen molar-refractivity contribution in [3.05, 3.63) is 27.3 Å². The molecule has 0 atom stereocenters. The quantitative estimate of drug-likeness (QED) is 0.474. The van der Waals surface area contributed by atoms with Crippen molar-refractivity contribution in [3.8, 4) is 0 Å². The van der Waals surface area contributed by atoms with Gasteiger partial charge in [-0.1, -0.05) is 0 Å². The van der Waals surface area contributed by atoms with E-state index in [9.17, 15) is 4.39 Å². The predicted octanol–water partition coefficient (Wildman–Crippen LogP) is 5.37. The number of benzene rings is 1. The maximum absolute atomic E-state index is 13.9. The number of fused-ring (bicyclic) bond motifs is 1. The lowest BCUT2D eigenvalue weighted by molar-refractivity contribution is 0.361. The van der Waals surface area contributed by atoms with Crippen LogP contribution in [0.25, 0.3) is 11.0 Å². The van der Waals surface area contributed by atoms with E-state index in [4.69, 9.17) is 11.6 Å². The van der Waals surface area contributed by atoms with Crippen molar-refractivity contribution < 1.29 is 4.39 Å². The standard InChI is InChI=1S/C15H17ClFIN2S/c1-21-10-4-2-9(3-5-10)20-14-6-11(17)12(18)7-13(14)19-15(20)8-16/h6-7,9-10H,2-5,8H2,1H3. The first-order chi connectivity index (χ1) is 10.1. The molecule has 0 aliphatic heterocycles. The fourth-order valence-corrected chi connectivity index (χ4v) is 4.56. The molecule has 0 amide bonds. The molecule has 114 valence electrons. The van der Waals surface area contributed by atoms with Gasteiger partial charge in [0.15, 0.2) is 0 Å². The second-order valence-electron chi connectivity index (χ2n) is 5.45. The summed E-state index contributed by atoms with van der Waals surface area (Å²) in [4.78, 5) is 4.60. The summed E-state index contributed by atoms with van der Waals surface area (Å²) in [6.07, 6.45) is 6.84. The Morgan fingerprint density at radius 3 is 2.71 bits per heavy atom. The Morgan fingerprint density at radius 1 is 1.38 bits per heavy atom. The highest BCUT2D eigenvalue weighted by atomic mass is 127. The van der Waals surface area contributed by atoms with Crippen molar-refractivity contribution in [1.29, 1.82) is 0 Å². The Hall–Kier alpha value is -0.0100. The largest absolute Gasteiger partial charge is 0.324 e. The van der Waals surface area contributed by atoms with Gasteiger partial charge in [-0.3, -0.25) is 0 Å². The molecule has 21 heavy (non-hydrogen) atoms. The second kappa shape index (κ2) is 6.62. The van der Waals surface area contributed by atoms with Gasteiger partial charge in [0.2, 0.25) is 0 Å². The van der Waals surface area contributed by atoms with Crippen molar-refractivity contribution in [2.75, 3.05) is 6.26 Å². The van der Waals surface area contributed by atoms with E-state index in [0.717, 1.165) is 34.9 Å². The van der Waals surface area contributed by atoms with Gasteiger partial charge in [0, 0.05) is 17.4 Å². The smallest absolute Gasteiger partial charge is 0.138 e. The van der Waals surface area contributed by atoms with Crippen LogP contribution in [-0.4, -0.2) is 21.1 Å². The van der Waals surface area contributed by atoms with Gasteiger partial charge in [0.1, 0.15) is 11.6 Å². The molecule has 0 radical (unpaired) electrons. The number of imidazole rings is 1. The lowest BCUT2D eigenvalue weighted by atomic mass is 9.94. The van der Waals surface area contributed by atoms with E-state index in [-0.39, 0.29) is 5.82 Å². The van der Waals surface area contributed by atoms with Gasteiger partial charge < -0.3 is 4.57 Å². The average Bonchev–Trinajstić information content (AvgIpc) is 2.85. The van der Waals surface area contributed by atoms with Crippen LogP contribution in [0.4, 0.5) is 4.39 Å². The maximum atomic E-state index is 13.9. The van der Waals surface area contributed by atoms with E-state index < -0.39 is 0 Å². The zero-order valence-corrected chi connectivity index (χ0v) is 15.5. The Kier molecular flexibility index (Phi) is 5.01. The van der Waals surface area contributed by atoms with Crippen LogP contribution < -0.4 is 0 Å². The lowest BCUT2D eigenvalue weighted by Crippen LogP contribution is -2.20. The van der Waals surface area contributed by atoms with Crippen LogP contribution in [0.5, 0.6) is 0 Å². The minimum absolute atomic E-state index is 0.178. The molecule has 1 aromatic heterocycles. The summed E-state index contributed by atoms with van der Waals surface area (Å²) < 4.78 is 16.7.